The summed E-state index contributed by atoms with van der Waals surface area (Å²) in [5.74, 6) is 1.91. The number of aromatic nitrogens is 2. The average molecular weight is 347 g/mol. The van der Waals surface area contributed by atoms with Crippen molar-refractivity contribution in [2.24, 2.45) is 5.18 Å². The molecule has 4 aromatic rings. The van der Waals surface area contributed by atoms with Crippen molar-refractivity contribution in [3.8, 4) is 17.2 Å². The van der Waals surface area contributed by atoms with Crippen LogP contribution in [0.15, 0.2) is 70.3 Å². The third-order valence-electron chi connectivity index (χ3n) is 4.25. The van der Waals surface area contributed by atoms with Crippen LogP contribution in [0.2, 0.25) is 0 Å². The van der Waals surface area contributed by atoms with E-state index < -0.39 is 0 Å². The highest BCUT2D eigenvalue weighted by molar-refractivity contribution is 5.93. The van der Waals surface area contributed by atoms with E-state index in [0.29, 0.717) is 18.1 Å². The standard InChI is InChI=1S/C20H17N3O3/c1-25-15-7-9-17-18(11-15)23(13-14-5-3-2-4-6-14)22-20(17)19-10-8-16(26-19)12-21-24/h2-11H,12-13H2,1H3. The molecule has 0 atom stereocenters. The molecule has 0 aliphatic rings. The van der Waals surface area contributed by atoms with Crippen molar-refractivity contribution in [1.29, 1.82) is 0 Å². The predicted molar refractivity (Wildman–Crippen MR) is 99.0 cm³/mol. The Morgan fingerprint density at radius 1 is 1.12 bits per heavy atom. The number of rotatable bonds is 6. The first kappa shape index (κ1) is 16.1. The third-order valence-corrected chi connectivity index (χ3v) is 4.25. The molecule has 6 heteroatoms. The van der Waals surface area contributed by atoms with Gasteiger partial charge in [-0.05, 0) is 29.8 Å². The molecule has 130 valence electrons. The maximum Gasteiger partial charge on any atom is 0.155 e. The fourth-order valence-electron chi connectivity index (χ4n) is 2.99. The zero-order chi connectivity index (χ0) is 17.9. The summed E-state index contributed by atoms with van der Waals surface area (Å²) in [6.07, 6.45) is 0. The average Bonchev–Trinajstić information content (AvgIpc) is 3.27. The second kappa shape index (κ2) is 6.84. The summed E-state index contributed by atoms with van der Waals surface area (Å²) >= 11 is 0. The predicted octanol–water partition coefficient (Wildman–Crippen LogP) is 4.62. The zero-order valence-corrected chi connectivity index (χ0v) is 14.3. The van der Waals surface area contributed by atoms with Gasteiger partial charge in [0.1, 0.15) is 23.7 Å². The van der Waals surface area contributed by atoms with Crippen LogP contribution < -0.4 is 4.74 Å². The van der Waals surface area contributed by atoms with Gasteiger partial charge < -0.3 is 9.15 Å². The lowest BCUT2D eigenvalue weighted by Gasteiger charge is -2.05. The molecule has 4 rings (SSSR count). The summed E-state index contributed by atoms with van der Waals surface area (Å²) in [4.78, 5) is 10.5. The highest BCUT2D eigenvalue weighted by Crippen LogP contribution is 2.32. The van der Waals surface area contributed by atoms with Crippen LogP contribution in [0, 0.1) is 4.91 Å². The Morgan fingerprint density at radius 2 is 1.96 bits per heavy atom. The number of methoxy groups -OCH3 is 1. The Kier molecular flexibility index (Phi) is 4.23. The van der Waals surface area contributed by atoms with Crippen molar-refractivity contribution >= 4 is 10.9 Å². The fraction of sp³-hybridized carbons (Fsp3) is 0.150. The Hall–Kier alpha value is -3.41. The van der Waals surface area contributed by atoms with E-state index in [4.69, 9.17) is 14.3 Å². The van der Waals surface area contributed by atoms with Crippen molar-refractivity contribution in [3.63, 3.8) is 0 Å². The van der Waals surface area contributed by atoms with Gasteiger partial charge >= 0.3 is 0 Å². The number of fused-ring (bicyclic) bond motifs is 1. The maximum absolute atomic E-state index is 10.5. The van der Waals surface area contributed by atoms with Gasteiger partial charge in [0.25, 0.3) is 0 Å². The second-order valence-corrected chi connectivity index (χ2v) is 5.93. The third kappa shape index (κ3) is 2.97. The molecule has 26 heavy (non-hydrogen) atoms. The monoisotopic (exact) mass is 347 g/mol. The molecule has 0 amide bonds. The molecule has 0 unspecified atom stereocenters. The molecule has 0 saturated carbocycles. The van der Waals surface area contributed by atoms with Crippen LogP contribution in [-0.2, 0) is 13.1 Å². The summed E-state index contributed by atoms with van der Waals surface area (Å²) in [6.45, 7) is 0.643. The summed E-state index contributed by atoms with van der Waals surface area (Å²) < 4.78 is 13.0. The summed E-state index contributed by atoms with van der Waals surface area (Å²) in [5, 5.41) is 8.60. The van der Waals surface area contributed by atoms with E-state index in [0.717, 1.165) is 27.9 Å². The first-order valence-corrected chi connectivity index (χ1v) is 8.25. The Balaban J connectivity index is 1.83. The van der Waals surface area contributed by atoms with Gasteiger partial charge in [-0.25, -0.2) is 0 Å². The highest BCUT2D eigenvalue weighted by Gasteiger charge is 2.16. The van der Waals surface area contributed by atoms with Gasteiger partial charge in [-0.1, -0.05) is 35.5 Å². The SMILES string of the molecule is COc1ccc2c(-c3ccc(CN=O)o3)nn(Cc3ccccc3)c2c1. The zero-order valence-electron chi connectivity index (χ0n) is 14.3. The molecule has 0 spiro atoms. The molecule has 0 saturated heterocycles. The topological polar surface area (TPSA) is 69.6 Å². The lowest BCUT2D eigenvalue weighted by Crippen LogP contribution is -2.01. The molecule has 0 fully saturated rings. The van der Waals surface area contributed by atoms with E-state index in [-0.39, 0.29) is 6.54 Å². The van der Waals surface area contributed by atoms with Gasteiger partial charge in [-0.2, -0.15) is 10.0 Å². The Morgan fingerprint density at radius 3 is 2.73 bits per heavy atom. The number of furan rings is 1. The fourth-order valence-corrected chi connectivity index (χ4v) is 2.99. The largest absolute Gasteiger partial charge is 0.497 e. The van der Waals surface area contributed by atoms with Crippen LogP contribution in [0.3, 0.4) is 0 Å². The molecule has 2 aromatic carbocycles. The van der Waals surface area contributed by atoms with E-state index >= 15 is 0 Å². The lowest BCUT2D eigenvalue weighted by atomic mass is 10.1. The minimum Gasteiger partial charge on any atom is -0.497 e. The molecular formula is C20H17N3O3. The van der Waals surface area contributed by atoms with Gasteiger partial charge in [0.05, 0.1) is 19.2 Å². The highest BCUT2D eigenvalue weighted by atomic mass is 16.5. The first-order chi connectivity index (χ1) is 12.8. The van der Waals surface area contributed by atoms with Crippen LogP contribution in [0.1, 0.15) is 11.3 Å². The van der Waals surface area contributed by atoms with Gasteiger partial charge in [0.2, 0.25) is 0 Å². The molecule has 6 nitrogen and oxygen atoms in total. The van der Waals surface area contributed by atoms with Crippen molar-refractivity contribution in [2.45, 2.75) is 13.1 Å². The van der Waals surface area contributed by atoms with Crippen LogP contribution in [0.5, 0.6) is 5.75 Å². The second-order valence-electron chi connectivity index (χ2n) is 5.93. The number of hydrogen-bond donors (Lipinski definition) is 0. The smallest absolute Gasteiger partial charge is 0.155 e. The first-order valence-electron chi connectivity index (χ1n) is 8.25. The minimum atomic E-state index is 0.0104. The van der Waals surface area contributed by atoms with E-state index in [2.05, 4.69) is 17.3 Å². The van der Waals surface area contributed by atoms with Gasteiger partial charge in [-0.3, -0.25) is 4.68 Å². The lowest BCUT2D eigenvalue weighted by molar-refractivity contribution is 0.415. The summed E-state index contributed by atoms with van der Waals surface area (Å²) in [6, 6.07) is 19.5. The van der Waals surface area contributed by atoms with E-state index in [1.54, 1.807) is 13.2 Å². The quantitative estimate of drug-likeness (QED) is 0.477. The molecule has 0 aliphatic carbocycles. The molecule has 0 N–H and O–H groups in total. The Labute approximate surface area is 150 Å². The van der Waals surface area contributed by atoms with Crippen molar-refractivity contribution in [1.82, 2.24) is 9.78 Å². The van der Waals surface area contributed by atoms with E-state index in [9.17, 15) is 4.91 Å². The van der Waals surface area contributed by atoms with Crippen molar-refractivity contribution in [3.05, 3.63) is 76.9 Å². The number of nitrogens with zero attached hydrogens (tertiary/aromatic N) is 3. The van der Waals surface area contributed by atoms with Crippen LogP contribution in [0.4, 0.5) is 0 Å². The van der Waals surface area contributed by atoms with Crippen LogP contribution in [0.25, 0.3) is 22.4 Å². The van der Waals surface area contributed by atoms with E-state index in [1.165, 1.54) is 0 Å². The van der Waals surface area contributed by atoms with E-state index in [1.807, 2.05) is 47.1 Å². The molecular weight excluding hydrogens is 330 g/mol. The van der Waals surface area contributed by atoms with Gasteiger partial charge in [0, 0.05) is 11.5 Å². The molecule has 2 heterocycles. The van der Waals surface area contributed by atoms with Crippen LogP contribution >= 0.6 is 0 Å². The summed E-state index contributed by atoms with van der Waals surface area (Å²) in [5.41, 5.74) is 2.84. The number of nitroso groups, excluding NO2 is 1. The molecule has 0 bridgehead atoms. The number of ether oxygens (including phenoxy) is 1. The van der Waals surface area contributed by atoms with Crippen LogP contribution in [-0.4, -0.2) is 16.9 Å². The van der Waals surface area contributed by atoms with Crippen molar-refractivity contribution < 1.29 is 9.15 Å². The minimum absolute atomic E-state index is 0.0104. The van der Waals surface area contributed by atoms with Crippen molar-refractivity contribution in [2.75, 3.05) is 7.11 Å². The van der Waals surface area contributed by atoms with Gasteiger partial charge in [0.15, 0.2) is 5.76 Å². The number of hydrogen-bond acceptors (Lipinski definition) is 5. The van der Waals surface area contributed by atoms with Gasteiger partial charge in [-0.15, -0.1) is 0 Å². The maximum atomic E-state index is 10.5. The molecule has 2 aromatic heterocycles. The Bertz CT molecular complexity index is 1050. The summed E-state index contributed by atoms with van der Waals surface area (Å²) in [7, 11) is 1.64. The molecule has 0 aliphatic heterocycles. The normalized spacial score (nSPS) is 11.0. The molecule has 0 radical (unpaired) electrons. The number of benzene rings is 2.